The second-order valence-corrected chi connectivity index (χ2v) is 7.50. The summed E-state index contributed by atoms with van der Waals surface area (Å²) in [6, 6.07) is 1.24. The number of hydrogen-bond acceptors (Lipinski definition) is 1. The van der Waals surface area contributed by atoms with Crippen LogP contribution < -0.4 is 0 Å². The first-order chi connectivity index (χ1) is 4.02. The van der Waals surface area contributed by atoms with Crippen LogP contribution in [0.25, 0.3) is 0 Å². The van der Waals surface area contributed by atoms with Crippen molar-refractivity contribution in [2.45, 2.75) is 38.8 Å². The minimum Gasteiger partial charge on any atom is -0.423 e. The highest BCUT2D eigenvalue weighted by atomic mass is 28.3. The van der Waals surface area contributed by atoms with Crippen molar-refractivity contribution in [2.75, 3.05) is 7.11 Å². The molecule has 0 aromatic heterocycles. The summed E-state index contributed by atoms with van der Waals surface area (Å²) in [5.74, 6) is 0. The van der Waals surface area contributed by atoms with Gasteiger partial charge >= 0.3 is 0 Å². The molecule has 0 heterocycles. The zero-order valence-electron chi connectivity index (χ0n) is 7.19. The highest BCUT2D eigenvalue weighted by Gasteiger charge is 2.24. The van der Waals surface area contributed by atoms with Gasteiger partial charge in [0.05, 0.1) is 0 Å². The Morgan fingerprint density at radius 2 is 1.78 bits per heavy atom. The average Bonchev–Trinajstić information content (AvgIpc) is 1.65. The van der Waals surface area contributed by atoms with Gasteiger partial charge in [0.1, 0.15) is 0 Å². The largest absolute Gasteiger partial charge is 0.423 e. The molecule has 2 heteroatoms. The van der Waals surface area contributed by atoms with Gasteiger partial charge in [-0.15, -0.1) is 0 Å². The van der Waals surface area contributed by atoms with E-state index in [2.05, 4.69) is 27.7 Å². The summed E-state index contributed by atoms with van der Waals surface area (Å²) in [5.41, 5.74) is 0. The third kappa shape index (κ3) is 3.01. The third-order valence-electron chi connectivity index (χ3n) is 1.62. The summed E-state index contributed by atoms with van der Waals surface area (Å²) in [5, 5.41) is 0.434. The number of rotatable bonds is 2. The van der Waals surface area contributed by atoms with Crippen molar-refractivity contribution in [3.63, 3.8) is 0 Å². The van der Waals surface area contributed by atoms with E-state index < -0.39 is 9.04 Å². The van der Waals surface area contributed by atoms with Crippen LogP contribution in [0.1, 0.15) is 27.7 Å². The lowest BCUT2D eigenvalue weighted by atomic mass is 10.3. The van der Waals surface area contributed by atoms with Gasteiger partial charge in [0, 0.05) is 7.11 Å². The maximum atomic E-state index is 5.40. The van der Waals surface area contributed by atoms with Crippen LogP contribution in [0.3, 0.4) is 0 Å². The molecular weight excluding hydrogens is 128 g/mol. The molecule has 0 aliphatic rings. The highest BCUT2D eigenvalue weighted by molar-refractivity contribution is 6.55. The van der Waals surface area contributed by atoms with Crippen molar-refractivity contribution in [1.29, 1.82) is 0 Å². The Morgan fingerprint density at radius 3 is 1.78 bits per heavy atom. The van der Waals surface area contributed by atoms with Crippen molar-refractivity contribution in [3.05, 3.63) is 0 Å². The van der Waals surface area contributed by atoms with Crippen molar-refractivity contribution in [2.24, 2.45) is 0 Å². The smallest absolute Gasteiger partial charge is 0.181 e. The Kier molecular flexibility index (Phi) is 3.44. The molecule has 9 heavy (non-hydrogen) atoms. The Bertz CT molecular complexity index is 71.5. The van der Waals surface area contributed by atoms with E-state index in [4.69, 9.17) is 4.43 Å². The van der Waals surface area contributed by atoms with Gasteiger partial charge in [0.2, 0.25) is 0 Å². The Labute approximate surface area is 60.1 Å². The van der Waals surface area contributed by atoms with Crippen LogP contribution in [0.2, 0.25) is 11.1 Å². The molecule has 56 valence electrons. The molecule has 0 saturated heterocycles. The van der Waals surface area contributed by atoms with E-state index in [1.54, 1.807) is 0 Å². The molecule has 0 aliphatic heterocycles. The van der Waals surface area contributed by atoms with Crippen molar-refractivity contribution >= 4 is 9.04 Å². The monoisotopic (exact) mass is 146 g/mol. The molecule has 0 aromatic carbocycles. The van der Waals surface area contributed by atoms with Gasteiger partial charge in [-0.25, -0.2) is 0 Å². The first-order valence-electron chi connectivity index (χ1n) is 3.55. The second kappa shape index (κ2) is 3.37. The zero-order valence-corrected chi connectivity index (χ0v) is 8.35. The summed E-state index contributed by atoms with van der Waals surface area (Å²) in [6.07, 6.45) is 0. The van der Waals surface area contributed by atoms with Gasteiger partial charge in [-0.3, -0.25) is 0 Å². The molecule has 0 amide bonds. The molecule has 1 atom stereocenters. The molecule has 1 unspecified atom stereocenters. The van der Waals surface area contributed by atoms with Crippen LogP contribution in [0.5, 0.6) is 0 Å². The van der Waals surface area contributed by atoms with Gasteiger partial charge in [0.15, 0.2) is 9.04 Å². The fraction of sp³-hybridized carbons (Fsp3) is 1.00. The normalized spacial score (nSPS) is 15.7. The Hall–Kier alpha value is 0.177. The van der Waals surface area contributed by atoms with Crippen molar-refractivity contribution in [3.8, 4) is 0 Å². The van der Waals surface area contributed by atoms with Gasteiger partial charge in [-0.1, -0.05) is 27.7 Å². The molecule has 0 radical (unpaired) electrons. The Morgan fingerprint density at radius 1 is 1.33 bits per heavy atom. The van der Waals surface area contributed by atoms with E-state index >= 15 is 0 Å². The standard InChI is InChI=1S/C7H18OSi/c1-6-9(8-5)7(2,3)4/h9H,6H2,1-5H3. The van der Waals surface area contributed by atoms with E-state index in [-0.39, 0.29) is 0 Å². The quantitative estimate of drug-likeness (QED) is 0.543. The zero-order chi connectivity index (χ0) is 7.49. The summed E-state index contributed by atoms with van der Waals surface area (Å²) in [4.78, 5) is 0. The summed E-state index contributed by atoms with van der Waals surface area (Å²) >= 11 is 0. The van der Waals surface area contributed by atoms with Gasteiger partial charge in [0.25, 0.3) is 0 Å². The summed E-state index contributed by atoms with van der Waals surface area (Å²) < 4.78 is 5.40. The molecule has 0 fully saturated rings. The molecule has 1 nitrogen and oxygen atoms in total. The van der Waals surface area contributed by atoms with E-state index in [0.717, 1.165) is 0 Å². The van der Waals surface area contributed by atoms with Crippen LogP contribution in [0.4, 0.5) is 0 Å². The molecule has 0 bridgehead atoms. The van der Waals surface area contributed by atoms with E-state index in [1.165, 1.54) is 6.04 Å². The SMILES string of the molecule is CC[SiH](OC)C(C)(C)C. The second-order valence-electron chi connectivity index (χ2n) is 3.50. The molecule has 0 N–H and O–H groups in total. The van der Waals surface area contributed by atoms with Gasteiger partial charge < -0.3 is 4.43 Å². The maximum Gasteiger partial charge on any atom is 0.181 e. The summed E-state index contributed by atoms with van der Waals surface area (Å²) in [6.45, 7) is 9.00. The van der Waals surface area contributed by atoms with Crippen molar-refractivity contribution in [1.82, 2.24) is 0 Å². The van der Waals surface area contributed by atoms with Crippen LogP contribution >= 0.6 is 0 Å². The fourth-order valence-corrected chi connectivity index (χ4v) is 3.40. The lowest BCUT2D eigenvalue weighted by Crippen LogP contribution is -2.26. The lowest BCUT2D eigenvalue weighted by molar-refractivity contribution is 0.391. The van der Waals surface area contributed by atoms with Crippen LogP contribution in [0, 0.1) is 0 Å². The highest BCUT2D eigenvalue weighted by Crippen LogP contribution is 2.28. The fourth-order valence-electron chi connectivity index (χ4n) is 1.13. The number of hydrogen-bond donors (Lipinski definition) is 0. The molecular formula is C7H18OSi. The maximum absolute atomic E-state index is 5.40. The molecule has 0 rings (SSSR count). The lowest BCUT2D eigenvalue weighted by Gasteiger charge is -2.25. The van der Waals surface area contributed by atoms with Crippen molar-refractivity contribution < 1.29 is 4.43 Å². The topological polar surface area (TPSA) is 9.23 Å². The van der Waals surface area contributed by atoms with E-state index in [9.17, 15) is 0 Å². The average molecular weight is 146 g/mol. The third-order valence-corrected chi connectivity index (χ3v) is 4.86. The Balaban J connectivity index is 3.79. The van der Waals surface area contributed by atoms with Crippen LogP contribution in [0.15, 0.2) is 0 Å². The predicted molar refractivity (Wildman–Crippen MR) is 44.4 cm³/mol. The molecule has 0 aromatic rings. The molecule has 0 spiro atoms. The molecule has 0 saturated carbocycles. The predicted octanol–water partition coefficient (Wildman–Crippen LogP) is 2.18. The minimum atomic E-state index is -0.880. The van der Waals surface area contributed by atoms with E-state index in [0.29, 0.717) is 5.04 Å². The first kappa shape index (κ1) is 9.18. The van der Waals surface area contributed by atoms with E-state index in [1.807, 2.05) is 7.11 Å². The van der Waals surface area contributed by atoms with Gasteiger partial charge in [-0.05, 0) is 11.1 Å². The minimum absolute atomic E-state index is 0.434. The first-order valence-corrected chi connectivity index (χ1v) is 5.41. The molecule has 0 aliphatic carbocycles. The van der Waals surface area contributed by atoms with Crippen LogP contribution in [-0.4, -0.2) is 16.2 Å². The summed E-state index contributed by atoms with van der Waals surface area (Å²) in [7, 11) is 0.959. The van der Waals surface area contributed by atoms with Gasteiger partial charge in [-0.2, -0.15) is 0 Å². The van der Waals surface area contributed by atoms with Crippen LogP contribution in [-0.2, 0) is 4.43 Å².